The van der Waals surface area contributed by atoms with Gasteiger partial charge in [0, 0.05) is 61.7 Å². The zero-order valence-electron chi connectivity index (χ0n) is 14.3. The van der Waals surface area contributed by atoms with E-state index in [1.165, 1.54) is 16.8 Å². The summed E-state index contributed by atoms with van der Waals surface area (Å²) in [5.41, 5.74) is 3.57. The molecule has 1 saturated heterocycles. The van der Waals surface area contributed by atoms with Crippen molar-refractivity contribution in [2.45, 2.75) is 0 Å². The Bertz CT molecular complexity index is 827. The second-order valence-corrected chi connectivity index (χ2v) is 6.39. The van der Waals surface area contributed by atoms with Gasteiger partial charge in [-0.3, -0.25) is 0 Å². The molecule has 8 heteroatoms. The van der Waals surface area contributed by atoms with Gasteiger partial charge in [-0.2, -0.15) is 0 Å². The number of halogens is 4. The van der Waals surface area contributed by atoms with Crippen LogP contribution in [-0.2, 0) is 7.05 Å². The molecular formula is C18H22Cl4N4. The summed E-state index contributed by atoms with van der Waals surface area (Å²) in [7, 11) is 2.06. The zero-order valence-corrected chi connectivity index (χ0v) is 17.5. The lowest BCUT2D eigenvalue weighted by atomic mass is 10.2. The van der Waals surface area contributed by atoms with Crippen LogP contribution >= 0.6 is 48.8 Å². The Morgan fingerprint density at radius 2 is 1.50 bits per heavy atom. The smallest absolute Gasteiger partial charge is 0.141 e. The van der Waals surface area contributed by atoms with Crippen molar-refractivity contribution >= 4 is 71.2 Å². The summed E-state index contributed by atoms with van der Waals surface area (Å²) < 4.78 is 2.11. The number of nitrogens with zero attached hydrogens (tertiary/aromatic N) is 4. The molecule has 0 amide bonds. The minimum Gasteiger partial charge on any atom is -0.368 e. The Balaban J connectivity index is 0.00000113. The highest BCUT2D eigenvalue weighted by atomic mass is 35.5. The molecule has 0 spiro atoms. The van der Waals surface area contributed by atoms with Gasteiger partial charge in [-0.25, -0.2) is 4.98 Å². The molecule has 1 aliphatic rings. The number of hydrogen-bond donors (Lipinski definition) is 0. The normalized spacial score (nSPS) is 13.6. The van der Waals surface area contributed by atoms with Crippen LogP contribution < -0.4 is 9.80 Å². The van der Waals surface area contributed by atoms with E-state index in [9.17, 15) is 0 Å². The molecule has 4 rings (SSSR count). The minimum absolute atomic E-state index is 0. The molecule has 1 aliphatic heterocycles. The quantitative estimate of drug-likeness (QED) is 0.576. The van der Waals surface area contributed by atoms with E-state index in [0.717, 1.165) is 36.8 Å². The summed E-state index contributed by atoms with van der Waals surface area (Å²) in [6, 6.07) is 12.3. The minimum atomic E-state index is 0. The molecule has 0 N–H and O–H groups in total. The first-order valence-corrected chi connectivity index (χ1v) is 8.26. The van der Waals surface area contributed by atoms with Gasteiger partial charge >= 0.3 is 0 Å². The van der Waals surface area contributed by atoms with Crippen LogP contribution in [0.25, 0.3) is 11.0 Å². The summed E-state index contributed by atoms with van der Waals surface area (Å²) >= 11 is 5.98. The predicted octanol–water partition coefficient (Wildman–Crippen LogP) is 4.82. The number of aromatic nitrogens is 2. The Morgan fingerprint density at radius 1 is 0.885 bits per heavy atom. The van der Waals surface area contributed by atoms with E-state index in [4.69, 9.17) is 11.6 Å². The maximum absolute atomic E-state index is 5.98. The van der Waals surface area contributed by atoms with E-state index in [2.05, 4.69) is 50.8 Å². The Labute approximate surface area is 177 Å². The van der Waals surface area contributed by atoms with Crippen LogP contribution in [0.1, 0.15) is 0 Å². The number of aryl methyl sites for hydroxylation is 1. The summed E-state index contributed by atoms with van der Waals surface area (Å²) in [5.74, 6) is 0. The molecule has 0 radical (unpaired) electrons. The maximum atomic E-state index is 5.98. The van der Waals surface area contributed by atoms with E-state index >= 15 is 0 Å². The van der Waals surface area contributed by atoms with Crippen molar-refractivity contribution < 1.29 is 0 Å². The first-order valence-electron chi connectivity index (χ1n) is 7.88. The molecule has 0 unspecified atom stereocenters. The van der Waals surface area contributed by atoms with Crippen molar-refractivity contribution in [2.24, 2.45) is 7.05 Å². The fourth-order valence-electron chi connectivity index (χ4n) is 3.30. The SMILES string of the molecule is Cl.Cl.Cl.Cn1cc(N2CCN(c3ccc(Cl)cc3)CC2)c2cccnc21. The zero-order chi connectivity index (χ0) is 15.8. The summed E-state index contributed by atoms with van der Waals surface area (Å²) in [4.78, 5) is 9.35. The van der Waals surface area contributed by atoms with E-state index in [1.54, 1.807) is 0 Å². The monoisotopic (exact) mass is 434 g/mol. The van der Waals surface area contributed by atoms with Gasteiger partial charge < -0.3 is 14.4 Å². The molecule has 26 heavy (non-hydrogen) atoms. The fourth-order valence-corrected chi connectivity index (χ4v) is 3.43. The number of benzene rings is 1. The van der Waals surface area contributed by atoms with Crippen LogP contribution in [0.3, 0.4) is 0 Å². The molecule has 0 atom stereocenters. The standard InChI is InChI=1S/C18H19ClN4.3ClH/c1-21-13-17(16-3-2-8-20-18(16)21)23-11-9-22(10-12-23)15-6-4-14(19)5-7-15;;;/h2-8,13H,9-12H2,1H3;3*1H. The fraction of sp³-hybridized carbons (Fsp3) is 0.278. The lowest BCUT2D eigenvalue weighted by Crippen LogP contribution is -2.46. The van der Waals surface area contributed by atoms with Gasteiger partial charge in [-0.05, 0) is 36.4 Å². The van der Waals surface area contributed by atoms with Gasteiger partial charge in [-0.1, -0.05) is 11.6 Å². The van der Waals surface area contributed by atoms with Gasteiger partial charge in [0.25, 0.3) is 0 Å². The number of fused-ring (bicyclic) bond motifs is 1. The van der Waals surface area contributed by atoms with Crippen LogP contribution in [0.4, 0.5) is 11.4 Å². The Hall–Kier alpha value is -1.33. The van der Waals surface area contributed by atoms with Crippen molar-refractivity contribution in [1.82, 2.24) is 9.55 Å². The van der Waals surface area contributed by atoms with Crippen molar-refractivity contribution in [1.29, 1.82) is 0 Å². The average Bonchev–Trinajstić information content (AvgIpc) is 2.93. The summed E-state index contributed by atoms with van der Waals surface area (Å²) in [6.07, 6.45) is 4.04. The van der Waals surface area contributed by atoms with Gasteiger partial charge in [0.05, 0.1) is 5.69 Å². The van der Waals surface area contributed by atoms with Gasteiger partial charge in [0.2, 0.25) is 0 Å². The molecule has 2 aromatic heterocycles. The summed E-state index contributed by atoms with van der Waals surface area (Å²) in [5, 5.41) is 2.02. The third-order valence-corrected chi connectivity index (χ3v) is 4.78. The molecule has 0 saturated carbocycles. The average molecular weight is 436 g/mol. The molecular weight excluding hydrogens is 414 g/mol. The van der Waals surface area contributed by atoms with Gasteiger partial charge in [-0.15, -0.1) is 37.2 Å². The topological polar surface area (TPSA) is 24.3 Å². The van der Waals surface area contributed by atoms with Gasteiger partial charge in [0.15, 0.2) is 0 Å². The highest BCUT2D eigenvalue weighted by molar-refractivity contribution is 6.30. The molecule has 0 bridgehead atoms. The second-order valence-electron chi connectivity index (χ2n) is 5.95. The van der Waals surface area contributed by atoms with E-state index in [-0.39, 0.29) is 37.2 Å². The van der Waals surface area contributed by atoms with Crippen molar-refractivity contribution in [3.8, 4) is 0 Å². The number of piperazine rings is 1. The third-order valence-electron chi connectivity index (χ3n) is 4.52. The lowest BCUT2D eigenvalue weighted by Gasteiger charge is -2.37. The van der Waals surface area contributed by atoms with Crippen molar-refractivity contribution in [3.63, 3.8) is 0 Å². The number of anilines is 2. The molecule has 142 valence electrons. The molecule has 4 nitrogen and oxygen atoms in total. The highest BCUT2D eigenvalue weighted by Gasteiger charge is 2.20. The largest absolute Gasteiger partial charge is 0.368 e. The van der Waals surface area contributed by atoms with Crippen LogP contribution in [-0.4, -0.2) is 35.7 Å². The molecule has 0 aliphatic carbocycles. The molecule has 3 heterocycles. The predicted molar refractivity (Wildman–Crippen MR) is 118 cm³/mol. The number of hydrogen-bond acceptors (Lipinski definition) is 3. The van der Waals surface area contributed by atoms with Crippen molar-refractivity contribution in [2.75, 3.05) is 36.0 Å². The van der Waals surface area contributed by atoms with Crippen molar-refractivity contribution in [3.05, 3.63) is 53.8 Å². The highest BCUT2D eigenvalue weighted by Crippen LogP contribution is 2.29. The Kier molecular flexibility index (Phi) is 8.35. The second kappa shape index (κ2) is 9.56. The van der Waals surface area contributed by atoms with Crippen LogP contribution in [0.2, 0.25) is 5.02 Å². The molecule has 3 aromatic rings. The van der Waals surface area contributed by atoms with E-state index < -0.39 is 0 Å². The summed E-state index contributed by atoms with van der Waals surface area (Å²) in [6.45, 7) is 4.05. The lowest BCUT2D eigenvalue weighted by molar-refractivity contribution is 0.654. The van der Waals surface area contributed by atoms with E-state index in [1.807, 2.05) is 24.4 Å². The van der Waals surface area contributed by atoms with Crippen LogP contribution in [0, 0.1) is 0 Å². The van der Waals surface area contributed by atoms with E-state index in [0.29, 0.717) is 0 Å². The first-order chi connectivity index (χ1) is 11.2. The Morgan fingerprint density at radius 3 is 2.15 bits per heavy atom. The number of rotatable bonds is 2. The van der Waals surface area contributed by atoms with Crippen LogP contribution in [0.15, 0.2) is 48.8 Å². The van der Waals surface area contributed by atoms with Gasteiger partial charge in [0.1, 0.15) is 5.65 Å². The third kappa shape index (κ3) is 4.32. The molecule has 1 fully saturated rings. The molecule has 1 aromatic carbocycles. The number of pyridine rings is 1. The first kappa shape index (κ1) is 22.7. The maximum Gasteiger partial charge on any atom is 0.141 e. The van der Waals surface area contributed by atoms with Crippen LogP contribution in [0.5, 0.6) is 0 Å².